The molecule has 1 aromatic carbocycles. The zero-order valence-corrected chi connectivity index (χ0v) is 12.0. The largest absolute Gasteiger partial charge is 0.351 e. The number of piperidine rings is 1. The van der Waals surface area contributed by atoms with Crippen molar-refractivity contribution in [2.45, 2.75) is 19.8 Å². The Morgan fingerprint density at radius 1 is 1.24 bits per heavy atom. The molecule has 0 spiro atoms. The highest BCUT2D eigenvalue weighted by Crippen LogP contribution is 2.15. The van der Waals surface area contributed by atoms with E-state index in [1.165, 1.54) is 0 Å². The number of nitrogens with one attached hydrogen (secondary N) is 1. The molecule has 0 aliphatic carbocycles. The first-order chi connectivity index (χ1) is 9.97. The predicted octanol–water partition coefficient (Wildman–Crippen LogP) is 2.57. The van der Waals surface area contributed by atoms with Gasteiger partial charge in [0.1, 0.15) is 0 Å². The molecule has 1 saturated heterocycles. The molecule has 1 aromatic rings. The first-order valence-corrected chi connectivity index (χ1v) is 7.12. The van der Waals surface area contributed by atoms with E-state index in [4.69, 9.17) is 0 Å². The maximum Gasteiger partial charge on any atom is 0.251 e. The van der Waals surface area contributed by atoms with Crippen LogP contribution in [0.15, 0.2) is 12.1 Å². The molecule has 2 rings (SSSR count). The summed E-state index contributed by atoms with van der Waals surface area (Å²) in [5.74, 6) is -4.14. The number of nitrogens with zero attached hydrogens (tertiary/aromatic N) is 1. The van der Waals surface area contributed by atoms with Gasteiger partial charge >= 0.3 is 0 Å². The number of likely N-dealkylation sites (tertiary alicyclic amines) is 1. The SMILES string of the molecule is CC1CCN(CCNC(=O)c2cc(F)c(F)c(F)c2)CC1. The van der Waals surface area contributed by atoms with Crippen LogP contribution in [0.1, 0.15) is 30.1 Å². The summed E-state index contributed by atoms with van der Waals surface area (Å²) in [5.41, 5.74) is -0.210. The van der Waals surface area contributed by atoms with Crippen molar-refractivity contribution in [1.29, 1.82) is 0 Å². The zero-order chi connectivity index (χ0) is 15.4. The molecule has 1 amide bonds. The molecule has 0 atom stereocenters. The van der Waals surface area contributed by atoms with Crippen LogP contribution in [0.25, 0.3) is 0 Å². The molecule has 0 radical (unpaired) electrons. The van der Waals surface area contributed by atoms with Gasteiger partial charge in [0.15, 0.2) is 17.5 Å². The molecule has 3 nitrogen and oxygen atoms in total. The molecule has 6 heteroatoms. The van der Waals surface area contributed by atoms with E-state index in [1.807, 2.05) is 0 Å². The normalized spacial score (nSPS) is 17.0. The smallest absolute Gasteiger partial charge is 0.251 e. The van der Waals surface area contributed by atoms with Crippen molar-refractivity contribution in [3.63, 3.8) is 0 Å². The highest BCUT2D eigenvalue weighted by atomic mass is 19.2. The molecular weight excluding hydrogens is 281 g/mol. The number of carbonyl (C=O) groups excluding carboxylic acids is 1. The van der Waals surface area contributed by atoms with Crippen molar-refractivity contribution < 1.29 is 18.0 Å². The van der Waals surface area contributed by atoms with Crippen molar-refractivity contribution in [2.75, 3.05) is 26.2 Å². The molecular formula is C15H19F3N2O. The molecule has 1 N–H and O–H groups in total. The second-order valence-electron chi connectivity index (χ2n) is 5.53. The molecule has 0 unspecified atom stereocenters. The van der Waals surface area contributed by atoms with E-state index in [0.29, 0.717) is 25.2 Å². The van der Waals surface area contributed by atoms with Crippen LogP contribution in [0.5, 0.6) is 0 Å². The third-order valence-electron chi connectivity index (χ3n) is 3.84. The van der Waals surface area contributed by atoms with E-state index in [2.05, 4.69) is 17.1 Å². The summed E-state index contributed by atoms with van der Waals surface area (Å²) in [4.78, 5) is 14.0. The maximum atomic E-state index is 13.0. The highest BCUT2D eigenvalue weighted by molar-refractivity contribution is 5.94. The molecule has 0 saturated carbocycles. The second-order valence-corrected chi connectivity index (χ2v) is 5.53. The van der Waals surface area contributed by atoms with Crippen LogP contribution in [-0.2, 0) is 0 Å². The number of carbonyl (C=O) groups is 1. The fourth-order valence-electron chi connectivity index (χ4n) is 2.40. The number of hydrogen-bond donors (Lipinski definition) is 1. The van der Waals surface area contributed by atoms with Gasteiger partial charge in [0.05, 0.1) is 0 Å². The van der Waals surface area contributed by atoms with Gasteiger partial charge in [-0.15, -0.1) is 0 Å². The molecule has 21 heavy (non-hydrogen) atoms. The van der Waals surface area contributed by atoms with Gasteiger partial charge in [-0.05, 0) is 44.0 Å². The lowest BCUT2D eigenvalue weighted by Crippen LogP contribution is -2.39. The topological polar surface area (TPSA) is 32.3 Å². The highest BCUT2D eigenvalue weighted by Gasteiger charge is 2.17. The molecule has 116 valence electrons. The summed E-state index contributed by atoms with van der Waals surface area (Å²) in [6.45, 7) is 5.31. The third kappa shape index (κ3) is 4.20. The summed E-state index contributed by atoms with van der Waals surface area (Å²) in [6, 6.07) is 1.41. The summed E-state index contributed by atoms with van der Waals surface area (Å²) < 4.78 is 38.9. The Labute approximate surface area is 122 Å². The summed E-state index contributed by atoms with van der Waals surface area (Å²) in [5, 5.41) is 2.59. The van der Waals surface area contributed by atoms with Crippen LogP contribution in [0.2, 0.25) is 0 Å². The van der Waals surface area contributed by atoms with E-state index in [1.54, 1.807) is 0 Å². The molecule has 0 aromatic heterocycles. The summed E-state index contributed by atoms with van der Waals surface area (Å²) in [6.07, 6.45) is 2.28. The predicted molar refractivity (Wildman–Crippen MR) is 73.5 cm³/mol. The lowest BCUT2D eigenvalue weighted by atomic mass is 9.99. The number of rotatable bonds is 4. The molecule has 1 fully saturated rings. The van der Waals surface area contributed by atoms with Crippen LogP contribution >= 0.6 is 0 Å². The quantitative estimate of drug-likeness (QED) is 0.867. The number of halogens is 3. The molecule has 0 bridgehead atoms. The number of amides is 1. The fourth-order valence-corrected chi connectivity index (χ4v) is 2.40. The van der Waals surface area contributed by atoms with Crippen LogP contribution in [0.3, 0.4) is 0 Å². The maximum absolute atomic E-state index is 13.0. The van der Waals surface area contributed by atoms with Gasteiger partial charge in [0, 0.05) is 18.7 Å². The number of hydrogen-bond acceptors (Lipinski definition) is 2. The fraction of sp³-hybridized carbons (Fsp3) is 0.533. The van der Waals surface area contributed by atoms with Crippen LogP contribution < -0.4 is 5.32 Å². The van der Waals surface area contributed by atoms with Gasteiger partial charge in [0.25, 0.3) is 5.91 Å². The minimum atomic E-state index is -1.56. The van der Waals surface area contributed by atoms with Gasteiger partial charge in [-0.2, -0.15) is 0 Å². The lowest BCUT2D eigenvalue weighted by molar-refractivity contribution is 0.0943. The Morgan fingerprint density at radius 3 is 2.38 bits per heavy atom. The third-order valence-corrected chi connectivity index (χ3v) is 3.84. The van der Waals surface area contributed by atoms with Crippen LogP contribution in [0.4, 0.5) is 13.2 Å². The lowest BCUT2D eigenvalue weighted by Gasteiger charge is -2.30. The zero-order valence-electron chi connectivity index (χ0n) is 12.0. The van der Waals surface area contributed by atoms with E-state index in [0.717, 1.165) is 31.8 Å². The van der Waals surface area contributed by atoms with Crippen LogP contribution in [0, 0.1) is 23.4 Å². The van der Waals surface area contributed by atoms with Crippen molar-refractivity contribution in [3.8, 4) is 0 Å². The minimum absolute atomic E-state index is 0.210. The Bertz CT molecular complexity index is 491. The molecule has 1 heterocycles. The Hall–Kier alpha value is -1.56. The van der Waals surface area contributed by atoms with Crippen molar-refractivity contribution >= 4 is 5.91 Å². The second kappa shape index (κ2) is 6.93. The van der Waals surface area contributed by atoms with E-state index in [9.17, 15) is 18.0 Å². The molecule has 1 aliphatic heterocycles. The van der Waals surface area contributed by atoms with Gasteiger partial charge in [0.2, 0.25) is 0 Å². The van der Waals surface area contributed by atoms with Gasteiger partial charge in [-0.1, -0.05) is 6.92 Å². The van der Waals surface area contributed by atoms with Gasteiger partial charge in [-0.25, -0.2) is 13.2 Å². The molecule has 1 aliphatic rings. The first-order valence-electron chi connectivity index (χ1n) is 7.12. The average Bonchev–Trinajstić information content (AvgIpc) is 2.46. The first kappa shape index (κ1) is 15.8. The number of benzene rings is 1. The summed E-state index contributed by atoms with van der Waals surface area (Å²) >= 11 is 0. The van der Waals surface area contributed by atoms with E-state index in [-0.39, 0.29) is 5.56 Å². The Kier molecular flexibility index (Phi) is 5.22. The van der Waals surface area contributed by atoms with E-state index >= 15 is 0 Å². The van der Waals surface area contributed by atoms with Gasteiger partial charge in [-0.3, -0.25) is 4.79 Å². The Morgan fingerprint density at radius 2 is 1.81 bits per heavy atom. The van der Waals surface area contributed by atoms with Crippen molar-refractivity contribution in [3.05, 3.63) is 35.1 Å². The average molecular weight is 300 g/mol. The minimum Gasteiger partial charge on any atom is -0.351 e. The van der Waals surface area contributed by atoms with E-state index < -0.39 is 23.4 Å². The van der Waals surface area contributed by atoms with Crippen molar-refractivity contribution in [2.24, 2.45) is 5.92 Å². The standard InChI is InChI=1S/C15H19F3N2O/c1-10-2-5-20(6-3-10)7-4-19-15(21)11-8-12(16)14(18)13(17)9-11/h8-10H,2-7H2,1H3,(H,19,21). The van der Waals surface area contributed by atoms with Crippen LogP contribution in [-0.4, -0.2) is 37.0 Å². The monoisotopic (exact) mass is 300 g/mol. The van der Waals surface area contributed by atoms with Crippen molar-refractivity contribution in [1.82, 2.24) is 10.2 Å². The summed E-state index contributed by atoms with van der Waals surface area (Å²) in [7, 11) is 0. The Balaban J connectivity index is 1.82. The van der Waals surface area contributed by atoms with Gasteiger partial charge < -0.3 is 10.2 Å².